The third kappa shape index (κ3) is 3.31. The molecule has 1 aliphatic heterocycles. The van der Waals surface area contributed by atoms with Crippen molar-refractivity contribution in [3.8, 4) is 0 Å². The minimum Gasteiger partial charge on any atom is -0.389 e. The number of anilines is 1. The number of aliphatic hydroxyl groups is 1. The molecule has 1 saturated heterocycles. The Morgan fingerprint density at radius 1 is 1.29 bits per heavy atom. The zero-order valence-corrected chi connectivity index (χ0v) is 14.5. The Balaban J connectivity index is 1.65. The fourth-order valence-electron chi connectivity index (χ4n) is 4.09. The van der Waals surface area contributed by atoms with Gasteiger partial charge in [-0.2, -0.15) is 0 Å². The molecule has 3 rings (SSSR count). The molecule has 1 heterocycles. The van der Waals surface area contributed by atoms with E-state index in [0.717, 1.165) is 31.2 Å². The molecule has 0 bridgehead atoms. The number of carbonyl (C=O) groups excluding carboxylic acids is 2. The number of ketones is 1. The number of benzene rings is 1. The Kier molecular flexibility index (Phi) is 4.63. The monoisotopic (exact) mass is 330 g/mol. The molecule has 0 spiro atoms. The van der Waals surface area contributed by atoms with Gasteiger partial charge in [-0.1, -0.05) is 12.8 Å². The van der Waals surface area contributed by atoms with Crippen LogP contribution in [-0.2, 0) is 0 Å². The van der Waals surface area contributed by atoms with Gasteiger partial charge in [-0.25, -0.2) is 4.79 Å². The first-order chi connectivity index (χ1) is 11.4. The predicted octanol–water partition coefficient (Wildman–Crippen LogP) is 3.36. The Labute approximate surface area is 143 Å². The number of hydrogen-bond acceptors (Lipinski definition) is 3. The number of likely N-dealkylation sites (tertiary alicyclic amines) is 1. The molecule has 1 aliphatic carbocycles. The van der Waals surface area contributed by atoms with E-state index in [4.69, 9.17) is 0 Å². The van der Waals surface area contributed by atoms with Crippen LogP contribution in [0.5, 0.6) is 0 Å². The fraction of sp³-hybridized carbons (Fsp3) is 0.579. The molecule has 0 aromatic heterocycles. The van der Waals surface area contributed by atoms with E-state index in [9.17, 15) is 14.7 Å². The van der Waals surface area contributed by atoms with E-state index < -0.39 is 5.60 Å². The zero-order valence-electron chi connectivity index (χ0n) is 14.5. The van der Waals surface area contributed by atoms with E-state index in [0.29, 0.717) is 30.8 Å². The summed E-state index contributed by atoms with van der Waals surface area (Å²) in [7, 11) is 0. The SMILES string of the molecule is CC(=O)c1ccc(NC(=O)N2CC[C@@]3(O)CCCC[C@@H]3C2)cc1C. The summed E-state index contributed by atoms with van der Waals surface area (Å²) < 4.78 is 0. The van der Waals surface area contributed by atoms with Crippen molar-refractivity contribution in [2.75, 3.05) is 18.4 Å². The van der Waals surface area contributed by atoms with Crippen LogP contribution in [0.25, 0.3) is 0 Å². The molecule has 5 heteroatoms. The Morgan fingerprint density at radius 3 is 2.79 bits per heavy atom. The second-order valence-corrected chi connectivity index (χ2v) is 7.26. The molecule has 1 saturated carbocycles. The van der Waals surface area contributed by atoms with E-state index in [1.54, 1.807) is 24.0 Å². The number of nitrogens with one attached hydrogen (secondary N) is 1. The molecular formula is C19H26N2O3. The number of urea groups is 1. The summed E-state index contributed by atoms with van der Waals surface area (Å²) in [6, 6.07) is 5.22. The van der Waals surface area contributed by atoms with Crippen LogP contribution in [0.3, 0.4) is 0 Å². The van der Waals surface area contributed by atoms with Crippen LogP contribution >= 0.6 is 0 Å². The lowest BCUT2D eigenvalue weighted by Gasteiger charge is -2.47. The number of hydrogen-bond donors (Lipinski definition) is 2. The molecule has 0 radical (unpaired) electrons. The first kappa shape index (κ1) is 17.0. The van der Waals surface area contributed by atoms with Crippen LogP contribution in [-0.4, -0.2) is 40.5 Å². The van der Waals surface area contributed by atoms with Crippen molar-refractivity contribution in [3.05, 3.63) is 29.3 Å². The number of amides is 2. The van der Waals surface area contributed by atoms with Crippen LogP contribution in [0.1, 0.15) is 54.9 Å². The third-order valence-corrected chi connectivity index (χ3v) is 5.57. The van der Waals surface area contributed by atoms with Crippen LogP contribution < -0.4 is 5.32 Å². The maximum Gasteiger partial charge on any atom is 0.321 e. The Bertz CT molecular complexity index is 658. The molecule has 5 nitrogen and oxygen atoms in total. The molecule has 2 fully saturated rings. The largest absolute Gasteiger partial charge is 0.389 e. The van der Waals surface area contributed by atoms with Gasteiger partial charge in [0, 0.05) is 30.3 Å². The summed E-state index contributed by atoms with van der Waals surface area (Å²) in [4.78, 5) is 25.8. The van der Waals surface area contributed by atoms with Crippen molar-refractivity contribution in [3.63, 3.8) is 0 Å². The van der Waals surface area contributed by atoms with Gasteiger partial charge in [0.2, 0.25) is 0 Å². The molecular weight excluding hydrogens is 304 g/mol. The minimum absolute atomic E-state index is 0.0259. The van der Waals surface area contributed by atoms with E-state index in [2.05, 4.69) is 5.32 Å². The number of Topliss-reactive ketones (excluding diaryl/α,β-unsaturated/α-hetero) is 1. The maximum atomic E-state index is 12.5. The highest BCUT2D eigenvalue weighted by molar-refractivity contribution is 5.96. The van der Waals surface area contributed by atoms with Gasteiger partial charge in [0.15, 0.2) is 5.78 Å². The Hall–Kier alpha value is -1.88. The minimum atomic E-state index is -0.575. The summed E-state index contributed by atoms with van der Waals surface area (Å²) >= 11 is 0. The molecule has 2 aliphatic rings. The number of nitrogens with zero attached hydrogens (tertiary/aromatic N) is 1. The van der Waals surface area contributed by atoms with Crippen molar-refractivity contribution in [1.82, 2.24) is 4.90 Å². The highest BCUT2D eigenvalue weighted by Gasteiger charge is 2.43. The molecule has 24 heavy (non-hydrogen) atoms. The summed E-state index contributed by atoms with van der Waals surface area (Å²) in [5.74, 6) is 0.213. The molecule has 2 atom stereocenters. The van der Waals surface area contributed by atoms with Gasteiger partial charge >= 0.3 is 6.03 Å². The van der Waals surface area contributed by atoms with E-state index >= 15 is 0 Å². The van der Waals surface area contributed by atoms with Crippen molar-refractivity contribution >= 4 is 17.5 Å². The van der Waals surface area contributed by atoms with Crippen molar-refractivity contribution in [2.45, 2.75) is 51.6 Å². The normalized spacial score (nSPS) is 26.6. The number of carbonyl (C=O) groups is 2. The smallest absolute Gasteiger partial charge is 0.321 e. The molecule has 130 valence electrons. The molecule has 2 N–H and O–H groups in total. The average Bonchev–Trinajstić information content (AvgIpc) is 2.53. The summed E-state index contributed by atoms with van der Waals surface area (Å²) in [6.45, 7) is 4.62. The first-order valence-corrected chi connectivity index (χ1v) is 8.79. The lowest BCUT2D eigenvalue weighted by molar-refractivity contribution is -0.0863. The fourth-order valence-corrected chi connectivity index (χ4v) is 4.09. The van der Waals surface area contributed by atoms with Crippen LogP contribution in [0.15, 0.2) is 18.2 Å². The predicted molar refractivity (Wildman–Crippen MR) is 93.3 cm³/mol. The maximum absolute atomic E-state index is 12.5. The Morgan fingerprint density at radius 2 is 2.08 bits per heavy atom. The van der Waals surface area contributed by atoms with Gasteiger partial charge in [0.05, 0.1) is 5.60 Å². The van der Waals surface area contributed by atoms with Gasteiger partial charge in [0.1, 0.15) is 0 Å². The van der Waals surface area contributed by atoms with E-state index in [-0.39, 0.29) is 17.7 Å². The van der Waals surface area contributed by atoms with Gasteiger partial charge in [-0.3, -0.25) is 4.79 Å². The molecule has 1 aromatic carbocycles. The quantitative estimate of drug-likeness (QED) is 0.817. The molecule has 0 unspecified atom stereocenters. The number of aryl methyl sites for hydroxylation is 1. The van der Waals surface area contributed by atoms with Crippen LogP contribution in [0.4, 0.5) is 10.5 Å². The molecule has 2 amide bonds. The van der Waals surface area contributed by atoms with Crippen LogP contribution in [0.2, 0.25) is 0 Å². The van der Waals surface area contributed by atoms with Gasteiger partial charge < -0.3 is 15.3 Å². The summed E-state index contributed by atoms with van der Waals surface area (Å²) in [5, 5.41) is 13.6. The van der Waals surface area contributed by atoms with Crippen molar-refractivity contribution < 1.29 is 14.7 Å². The standard InChI is InChI=1S/C19H26N2O3/c1-13-11-16(6-7-17(13)14(2)22)20-18(23)21-10-9-19(24)8-4-3-5-15(19)12-21/h6-7,11,15,24H,3-5,8-10,12H2,1-2H3,(H,20,23)/t15-,19+/m1/s1. The summed E-state index contributed by atoms with van der Waals surface area (Å²) in [6.07, 6.45) is 4.73. The number of fused-ring (bicyclic) bond motifs is 1. The zero-order chi connectivity index (χ0) is 17.3. The number of rotatable bonds is 2. The lowest BCUT2D eigenvalue weighted by Crippen LogP contribution is -2.55. The van der Waals surface area contributed by atoms with E-state index in [1.165, 1.54) is 0 Å². The van der Waals surface area contributed by atoms with Gasteiger partial charge in [-0.05, 0) is 56.9 Å². The third-order valence-electron chi connectivity index (χ3n) is 5.57. The first-order valence-electron chi connectivity index (χ1n) is 8.79. The average molecular weight is 330 g/mol. The highest BCUT2D eigenvalue weighted by Crippen LogP contribution is 2.39. The van der Waals surface area contributed by atoms with Crippen molar-refractivity contribution in [2.24, 2.45) is 5.92 Å². The highest BCUT2D eigenvalue weighted by atomic mass is 16.3. The second-order valence-electron chi connectivity index (χ2n) is 7.26. The summed E-state index contributed by atoms with van der Waals surface area (Å²) in [5.41, 5.74) is 1.67. The number of piperidine rings is 1. The van der Waals surface area contributed by atoms with Gasteiger partial charge in [-0.15, -0.1) is 0 Å². The second kappa shape index (κ2) is 6.55. The molecule has 1 aromatic rings. The lowest BCUT2D eigenvalue weighted by atomic mass is 9.71. The topological polar surface area (TPSA) is 69.6 Å². The van der Waals surface area contributed by atoms with Crippen molar-refractivity contribution in [1.29, 1.82) is 0 Å². The van der Waals surface area contributed by atoms with Gasteiger partial charge in [0.25, 0.3) is 0 Å². The van der Waals surface area contributed by atoms with E-state index in [1.807, 2.05) is 13.0 Å². The van der Waals surface area contributed by atoms with Crippen LogP contribution in [0, 0.1) is 12.8 Å².